The summed E-state index contributed by atoms with van der Waals surface area (Å²) in [5.74, 6) is -0.574. The van der Waals surface area contributed by atoms with Gasteiger partial charge in [-0.25, -0.2) is 0 Å². The topological polar surface area (TPSA) is 89.9 Å². The quantitative estimate of drug-likeness (QED) is 0.610. The van der Waals surface area contributed by atoms with Gasteiger partial charge < -0.3 is 9.84 Å². The third-order valence-corrected chi connectivity index (χ3v) is 3.62. The molecule has 6 nitrogen and oxygen atoms in total. The Morgan fingerprint density at radius 1 is 1.32 bits per heavy atom. The van der Waals surface area contributed by atoms with E-state index in [9.17, 15) is 13.2 Å². The van der Waals surface area contributed by atoms with Gasteiger partial charge >= 0.3 is 5.97 Å². The highest BCUT2D eigenvalue weighted by atomic mass is 32.2. The van der Waals surface area contributed by atoms with Crippen molar-refractivity contribution in [2.45, 2.75) is 24.8 Å². The van der Waals surface area contributed by atoms with E-state index in [1.165, 1.54) is 19.1 Å². The van der Waals surface area contributed by atoms with Crippen LogP contribution >= 0.6 is 0 Å². The van der Waals surface area contributed by atoms with Gasteiger partial charge in [-0.1, -0.05) is 17.7 Å². The maximum Gasteiger partial charge on any atom is 0.302 e. The second kappa shape index (κ2) is 6.65. The predicted molar refractivity (Wildman–Crippen MR) is 67.0 cm³/mol. The van der Waals surface area contributed by atoms with Gasteiger partial charge in [-0.3, -0.25) is 8.98 Å². The molecule has 0 amide bonds. The standard InChI is InChI=1S/C12H16O6S/c1-9-3-5-12(6-4-9)19(15,16)18-11(7-13)8-17-10(2)14/h3-6,11,13H,7-8H2,1-2H3/t11-/m1/s1. The van der Waals surface area contributed by atoms with Crippen molar-refractivity contribution in [2.75, 3.05) is 13.2 Å². The average Bonchev–Trinajstić information content (AvgIpc) is 2.34. The normalized spacial score (nSPS) is 13.0. The van der Waals surface area contributed by atoms with Crippen molar-refractivity contribution in [3.63, 3.8) is 0 Å². The Labute approximate surface area is 112 Å². The number of hydrogen-bond donors (Lipinski definition) is 1. The number of aliphatic hydroxyl groups is 1. The lowest BCUT2D eigenvalue weighted by Crippen LogP contribution is -2.28. The summed E-state index contributed by atoms with van der Waals surface area (Å²) in [6, 6.07) is 6.09. The van der Waals surface area contributed by atoms with E-state index in [1.54, 1.807) is 12.1 Å². The number of rotatable bonds is 6. The van der Waals surface area contributed by atoms with E-state index in [-0.39, 0.29) is 11.5 Å². The first-order valence-electron chi connectivity index (χ1n) is 5.59. The van der Waals surface area contributed by atoms with E-state index in [4.69, 9.17) is 9.29 Å². The lowest BCUT2D eigenvalue weighted by atomic mass is 10.2. The molecule has 0 bridgehead atoms. The highest BCUT2D eigenvalue weighted by molar-refractivity contribution is 7.86. The minimum Gasteiger partial charge on any atom is -0.463 e. The molecule has 106 valence electrons. The molecule has 1 N–H and O–H groups in total. The average molecular weight is 288 g/mol. The highest BCUT2D eigenvalue weighted by Crippen LogP contribution is 2.15. The molecular weight excluding hydrogens is 272 g/mol. The Morgan fingerprint density at radius 2 is 1.89 bits per heavy atom. The summed E-state index contributed by atoms with van der Waals surface area (Å²) in [5, 5.41) is 9.01. The number of esters is 1. The molecule has 1 aromatic carbocycles. The van der Waals surface area contributed by atoms with Gasteiger partial charge in [0.25, 0.3) is 10.1 Å². The van der Waals surface area contributed by atoms with E-state index in [2.05, 4.69) is 4.74 Å². The van der Waals surface area contributed by atoms with Crippen LogP contribution in [0.2, 0.25) is 0 Å². The Morgan fingerprint density at radius 3 is 2.37 bits per heavy atom. The van der Waals surface area contributed by atoms with Crippen LogP contribution < -0.4 is 0 Å². The first kappa shape index (κ1) is 15.6. The van der Waals surface area contributed by atoms with Gasteiger partial charge in [0.1, 0.15) is 12.7 Å². The van der Waals surface area contributed by atoms with Crippen LogP contribution in [0.4, 0.5) is 0 Å². The molecule has 1 atom stereocenters. The molecule has 19 heavy (non-hydrogen) atoms. The van der Waals surface area contributed by atoms with Crippen LogP contribution in [0.1, 0.15) is 12.5 Å². The first-order chi connectivity index (χ1) is 8.85. The third kappa shape index (κ3) is 4.98. The summed E-state index contributed by atoms with van der Waals surface area (Å²) in [7, 11) is -3.99. The molecule has 0 aliphatic rings. The van der Waals surface area contributed by atoms with E-state index in [0.29, 0.717) is 0 Å². The molecule has 0 spiro atoms. The summed E-state index contributed by atoms with van der Waals surface area (Å²) in [4.78, 5) is 10.6. The van der Waals surface area contributed by atoms with Crippen molar-refractivity contribution in [3.8, 4) is 0 Å². The van der Waals surface area contributed by atoms with Crippen LogP contribution in [-0.2, 0) is 23.8 Å². The van der Waals surface area contributed by atoms with Crippen LogP contribution in [0.5, 0.6) is 0 Å². The molecule has 7 heteroatoms. The SMILES string of the molecule is CC(=O)OC[C@@H](CO)OS(=O)(=O)c1ccc(C)cc1. The van der Waals surface area contributed by atoms with Crippen molar-refractivity contribution in [1.29, 1.82) is 0 Å². The first-order valence-corrected chi connectivity index (χ1v) is 7.00. The van der Waals surface area contributed by atoms with Gasteiger partial charge in [0, 0.05) is 6.92 Å². The second-order valence-electron chi connectivity index (χ2n) is 3.97. The fourth-order valence-corrected chi connectivity index (χ4v) is 2.32. The van der Waals surface area contributed by atoms with E-state index in [0.717, 1.165) is 5.56 Å². The molecule has 0 fully saturated rings. The Bertz CT molecular complexity index is 520. The molecule has 0 saturated heterocycles. The third-order valence-electron chi connectivity index (χ3n) is 2.25. The monoisotopic (exact) mass is 288 g/mol. The number of aryl methyl sites for hydroxylation is 1. The zero-order chi connectivity index (χ0) is 14.5. The minimum atomic E-state index is -3.99. The van der Waals surface area contributed by atoms with Crippen molar-refractivity contribution in [3.05, 3.63) is 29.8 Å². The maximum absolute atomic E-state index is 11.9. The molecule has 0 heterocycles. The number of carbonyl (C=O) groups excluding carboxylic acids is 1. The largest absolute Gasteiger partial charge is 0.463 e. The number of aliphatic hydroxyl groups excluding tert-OH is 1. The molecule has 0 radical (unpaired) electrons. The predicted octanol–water partition coefficient (Wildman–Crippen LogP) is 0.624. The smallest absolute Gasteiger partial charge is 0.302 e. The number of ether oxygens (including phenoxy) is 1. The van der Waals surface area contributed by atoms with Crippen molar-refractivity contribution in [1.82, 2.24) is 0 Å². The summed E-state index contributed by atoms with van der Waals surface area (Å²) in [6.45, 7) is 2.12. The van der Waals surface area contributed by atoms with E-state index < -0.39 is 28.8 Å². The van der Waals surface area contributed by atoms with Gasteiger partial charge in [-0.05, 0) is 19.1 Å². The molecule has 0 aliphatic carbocycles. The van der Waals surface area contributed by atoms with Crippen LogP contribution in [-0.4, -0.2) is 38.8 Å². The summed E-state index contributed by atoms with van der Waals surface area (Å²) >= 11 is 0. The van der Waals surface area contributed by atoms with Crippen molar-refractivity contribution < 1.29 is 27.2 Å². The lowest BCUT2D eigenvalue weighted by molar-refractivity contribution is -0.143. The van der Waals surface area contributed by atoms with Gasteiger partial charge in [-0.15, -0.1) is 0 Å². The molecular formula is C12H16O6S. The van der Waals surface area contributed by atoms with Crippen LogP contribution in [0, 0.1) is 6.92 Å². The van der Waals surface area contributed by atoms with Crippen molar-refractivity contribution >= 4 is 16.1 Å². The molecule has 0 aliphatic heterocycles. The van der Waals surface area contributed by atoms with Gasteiger partial charge in [0.05, 0.1) is 11.5 Å². The number of hydrogen-bond acceptors (Lipinski definition) is 6. The van der Waals surface area contributed by atoms with Crippen LogP contribution in [0.25, 0.3) is 0 Å². The Hall–Kier alpha value is -1.44. The highest BCUT2D eigenvalue weighted by Gasteiger charge is 2.22. The van der Waals surface area contributed by atoms with Crippen LogP contribution in [0.3, 0.4) is 0 Å². The second-order valence-corrected chi connectivity index (χ2v) is 5.54. The zero-order valence-corrected chi connectivity index (χ0v) is 11.5. The molecule has 1 aromatic rings. The summed E-state index contributed by atoms with van der Waals surface area (Å²) in [5.41, 5.74) is 0.914. The zero-order valence-electron chi connectivity index (χ0n) is 10.7. The Balaban J connectivity index is 2.77. The van der Waals surface area contributed by atoms with E-state index in [1.807, 2.05) is 6.92 Å². The van der Waals surface area contributed by atoms with Gasteiger partial charge in [0.2, 0.25) is 0 Å². The molecule has 0 unspecified atom stereocenters. The minimum absolute atomic E-state index is 0.0145. The van der Waals surface area contributed by atoms with Crippen molar-refractivity contribution in [2.24, 2.45) is 0 Å². The maximum atomic E-state index is 11.9. The fourth-order valence-electron chi connectivity index (χ4n) is 1.26. The molecule has 0 aromatic heterocycles. The molecule has 1 rings (SSSR count). The lowest BCUT2D eigenvalue weighted by Gasteiger charge is -2.14. The van der Waals surface area contributed by atoms with Gasteiger partial charge in [0.15, 0.2) is 0 Å². The van der Waals surface area contributed by atoms with Crippen LogP contribution in [0.15, 0.2) is 29.2 Å². The fraction of sp³-hybridized carbons (Fsp3) is 0.417. The molecule has 0 saturated carbocycles. The summed E-state index contributed by atoms with van der Waals surface area (Å²) < 4.78 is 33.2. The van der Waals surface area contributed by atoms with Gasteiger partial charge in [-0.2, -0.15) is 8.42 Å². The Kier molecular flexibility index (Phi) is 5.46. The number of carbonyl (C=O) groups is 1. The van der Waals surface area contributed by atoms with E-state index >= 15 is 0 Å². The summed E-state index contributed by atoms with van der Waals surface area (Å²) in [6.07, 6.45) is -1.12. The number of benzene rings is 1.